The van der Waals surface area contributed by atoms with Crippen molar-refractivity contribution in [2.24, 2.45) is 0 Å². The highest BCUT2D eigenvalue weighted by atomic mass is 32.1. The van der Waals surface area contributed by atoms with E-state index < -0.39 is 0 Å². The van der Waals surface area contributed by atoms with Crippen LogP contribution in [0.15, 0.2) is 41.2 Å². The van der Waals surface area contributed by atoms with Gasteiger partial charge in [0.05, 0.1) is 5.51 Å². The first-order chi connectivity index (χ1) is 8.29. The first-order valence-electron chi connectivity index (χ1n) is 6.15. The van der Waals surface area contributed by atoms with Crippen molar-refractivity contribution in [1.29, 1.82) is 0 Å². The van der Waals surface area contributed by atoms with Gasteiger partial charge in [0.2, 0.25) is 0 Å². The number of hydrogen-bond donors (Lipinski definition) is 0. The lowest BCUT2D eigenvalue weighted by Crippen LogP contribution is -1.62. The number of aromatic nitrogens is 1. The van der Waals surface area contributed by atoms with Gasteiger partial charge >= 0.3 is 0 Å². The van der Waals surface area contributed by atoms with Gasteiger partial charge in [0.15, 0.2) is 0 Å². The number of rotatable bonds is 0. The fourth-order valence-electron chi connectivity index (χ4n) is 0.807. The van der Waals surface area contributed by atoms with Gasteiger partial charge in [-0.15, -0.1) is 11.3 Å². The lowest BCUT2D eigenvalue weighted by atomic mass is 10.2. The average molecular weight is 251 g/mol. The molecule has 1 heterocycles. The zero-order valence-corrected chi connectivity index (χ0v) is 12.7. The topological polar surface area (TPSA) is 12.9 Å². The molecule has 17 heavy (non-hydrogen) atoms. The highest BCUT2D eigenvalue weighted by Crippen LogP contribution is 1.95. The molecule has 1 nitrogen and oxygen atoms in total. The van der Waals surface area contributed by atoms with Gasteiger partial charge in [-0.3, -0.25) is 4.98 Å². The second-order valence-electron chi connectivity index (χ2n) is 2.78. The first-order valence-corrected chi connectivity index (χ1v) is 7.10. The minimum atomic E-state index is 1.11. The molecule has 1 aromatic carbocycles. The van der Waals surface area contributed by atoms with Gasteiger partial charge in [0.25, 0.3) is 0 Å². The summed E-state index contributed by atoms with van der Waals surface area (Å²) in [5.74, 6) is 0. The van der Waals surface area contributed by atoms with Crippen LogP contribution in [-0.4, -0.2) is 4.98 Å². The second-order valence-corrected chi connectivity index (χ2v) is 3.50. The summed E-state index contributed by atoms with van der Waals surface area (Å²) in [7, 11) is 0. The third-order valence-electron chi connectivity index (χ3n) is 1.50. The molecule has 0 amide bonds. The summed E-state index contributed by atoms with van der Waals surface area (Å²) in [6, 6.07) is 10.3. The summed E-state index contributed by atoms with van der Waals surface area (Å²) in [6.07, 6.45) is 0. The SMILES string of the molecule is CC.CC.Cc1ccccc1.Cc1cscn1. The van der Waals surface area contributed by atoms with Gasteiger partial charge in [-0.2, -0.15) is 0 Å². The highest BCUT2D eigenvalue weighted by Gasteiger charge is 1.76. The Morgan fingerprint density at radius 3 is 1.59 bits per heavy atom. The lowest BCUT2D eigenvalue weighted by molar-refractivity contribution is 1.27. The maximum absolute atomic E-state index is 3.94. The first kappa shape index (κ1) is 18.2. The Balaban J connectivity index is 0. The summed E-state index contributed by atoms with van der Waals surface area (Å²) in [5, 5.41) is 2.01. The molecule has 0 saturated carbocycles. The van der Waals surface area contributed by atoms with E-state index in [1.165, 1.54) is 5.56 Å². The van der Waals surface area contributed by atoms with Crippen LogP contribution >= 0.6 is 11.3 Å². The summed E-state index contributed by atoms with van der Waals surface area (Å²) < 4.78 is 0. The molecule has 0 unspecified atom stereocenters. The van der Waals surface area contributed by atoms with E-state index in [1.54, 1.807) is 11.3 Å². The Labute approximate surface area is 111 Å². The average Bonchev–Trinajstić information content (AvgIpc) is 2.87. The fourth-order valence-corrected chi connectivity index (χ4v) is 1.35. The molecule has 0 aliphatic rings. The molecule has 0 bridgehead atoms. The third-order valence-corrected chi connectivity index (χ3v) is 2.20. The lowest BCUT2D eigenvalue weighted by Gasteiger charge is -1.82. The molecule has 1 aromatic heterocycles. The van der Waals surface area contributed by atoms with Gasteiger partial charge in [0.1, 0.15) is 0 Å². The molecule has 0 aliphatic heterocycles. The normalized spacial score (nSPS) is 7.41. The van der Waals surface area contributed by atoms with Crippen molar-refractivity contribution in [3.8, 4) is 0 Å². The number of aryl methyl sites for hydroxylation is 2. The van der Waals surface area contributed by atoms with Gasteiger partial charge in [0, 0.05) is 11.1 Å². The molecule has 0 N–H and O–H groups in total. The maximum atomic E-state index is 3.94. The summed E-state index contributed by atoms with van der Waals surface area (Å²) in [6.45, 7) is 12.1. The number of benzene rings is 1. The predicted molar refractivity (Wildman–Crippen MR) is 80.7 cm³/mol. The van der Waals surface area contributed by atoms with Crippen molar-refractivity contribution in [3.05, 3.63) is 52.5 Å². The molecular formula is C15H25NS. The molecule has 2 rings (SSSR count). The standard InChI is InChI=1S/C7H8.C4H5NS.2C2H6/c1-7-5-3-2-4-6-7;1-4-2-6-3-5-4;2*1-2/h2-6H,1H3;2-3H,1H3;2*1-2H3. The highest BCUT2D eigenvalue weighted by molar-refractivity contribution is 7.07. The summed E-state index contributed by atoms with van der Waals surface area (Å²) in [4.78, 5) is 3.94. The Morgan fingerprint density at radius 1 is 0.882 bits per heavy atom. The molecule has 0 aliphatic carbocycles. The molecular weight excluding hydrogens is 226 g/mol. The molecule has 0 saturated heterocycles. The molecule has 0 atom stereocenters. The third kappa shape index (κ3) is 12.8. The van der Waals surface area contributed by atoms with E-state index in [0.717, 1.165) is 5.69 Å². The van der Waals surface area contributed by atoms with Crippen molar-refractivity contribution >= 4 is 11.3 Å². The molecule has 2 aromatic rings. The number of hydrogen-bond acceptors (Lipinski definition) is 2. The quantitative estimate of drug-likeness (QED) is 0.602. The van der Waals surface area contributed by atoms with Crippen LogP contribution in [0.25, 0.3) is 0 Å². The fraction of sp³-hybridized carbons (Fsp3) is 0.400. The summed E-state index contributed by atoms with van der Waals surface area (Å²) >= 11 is 1.63. The van der Waals surface area contributed by atoms with Crippen LogP contribution in [0.2, 0.25) is 0 Å². The Bertz CT molecular complexity index is 314. The minimum absolute atomic E-state index is 1.11. The Morgan fingerprint density at radius 2 is 1.41 bits per heavy atom. The van der Waals surface area contributed by atoms with E-state index in [9.17, 15) is 0 Å². The van der Waals surface area contributed by atoms with Gasteiger partial charge < -0.3 is 0 Å². The summed E-state index contributed by atoms with van der Waals surface area (Å²) in [5.41, 5.74) is 4.26. The molecule has 2 heteroatoms. The Hall–Kier alpha value is -1.15. The van der Waals surface area contributed by atoms with Crippen molar-refractivity contribution in [3.63, 3.8) is 0 Å². The van der Waals surface area contributed by atoms with E-state index in [1.807, 2.05) is 63.7 Å². The van der Waals surface area contributed by atoms with Crippen molar-refractivity contribution < 1.29 is 0 Å². The van der Waals surface area contributed by atoms with Crippen LogP contribution in [0, 0.1) is 13.8 Å². The van der Waals surface area contributed by atoms with Crippen molar-refractivity contribution in [1.82, 2.24) is 4.98 Å². The number of thiazole rings is 1. The second kappa shape index (κ2) is 14.8. The van der Waals surface area contributed by atoms with Crippen LogP contribution in [0.1, 0.15) is 39.0 Å². The zero-order valence-electron chi connectivity index (χ0n) is 11.9. The monoisotopic (exact) mass is 251 g/mol. The van der Waals surface area contributed by atoms with Crippen LogP contribution in [0.3, 0.4) is 0 Å². The Kier molecular flexibility index (Phi) is 15.9. The van der Waals surface area contributed by atoms with Crippen LogP contribution < -0.4 is 0 Å². The van der Waals surface area contributed by atoms with E-state index in [4.69, 9.17) is 0 Å². The molecule has 0 fully saturated rings. The smallest absolute Gasteiger partial charge is 0.0794 e. The van der Waals surface area contributed by atoms with Gasteiger partial charge in [-0.25, -0.2) is 0 Å². The molecule has 0 radical (unpaired) electrons. The largest absolute Gasteiger partial charge is 0.250 e. The van der Waals surface area contributed by atoms with E-state index >= 15 is 0 Å². The molecule has 96 valence electrons. The van der Waals surface area contributed by atoms with E-state index in [-0.39, 0.29) is 0 Å². The van der Waals surface area contributed by atoms with Crippen molar-refractivity contribution in [2.45, 2.75) is 41.5 Å². The van der Waals surface area contributed by atoms with Crippen LogP contribution in [0.5, 0.6) is 0 Å². The van der Waals surface area contributed by atoms with Gasteiger partial charge in [-0.1, -0.05) is 63.6 Å². The van der Waals surface area contributed by atoms with Crippen LogP contribution in [-0.2, 0) is 0 Å². The zero-order chi connectivity index (χ0) is 13.5. The van der Waals surface area contributed by atoms with E-state index in [0.29, 0.717) is 0 Å². The number of nitrogens with zero attached hydrogens (tertiary/aromatic N) is 1. The van der Waals surface area contributed by atoms with E-state index in [2.05, 4.69) is 24.0 Å². The van der Waals surface area contributed by atoms with Crippen LogP contribution in [0.4, 0.5) is 0 Å². The maximum Gasteiger partial charge on any atom is 0.0794 e. The van der Waals surface area contributed by atoms with Gasteiger partial charge in [-0.05, 0) is 13.8 Å². The van der Waals surface area contributed by atoms with Crippen molar-refractivity contribution in [2.75, 3.05) is 0 Å². The predicted octanol–water partition coefficient (Wildman–Crippen LogP) is 5.50. The molecule has 0 spiro atoms. The minimum Gasteiger partial charge on any atom is -0.250 e.